The lowest BCUT2D eigenvalue weighted by molar-refractivity contribution is 0.0141. The molecule has 1 aliphatic heterocycles. The van der Waals surface area contributed by atoms with Gasteiger partial charge in [0, 0.05) is 11.1 Å². The fourth-order valence-corrected chi connectivity index (χ4v) is 19.7. The van der Waals surface area contributed by atoms with Gasteiger partial charge in [-0.3, -0.25) is 0 Å². The van der Waals surface area contributed by atoms with Gasteiger partial charge in [0.1, 0.15) is 17.1 Å². The van der Waals surface area contributed by atoms with Crippen molar-refractivity contribution in [1.29, 1.82) is 0 Å². The minimum Gasteiger partial charge on any atom is -0.506 e. The van der Waals surface area contributed by atoms with Gasteiger partial charge in [-0.15, -0.1) is 45.3 Å². The van der Waals surface area contributed by atoms with Gasteiger partial charge in [-0.05, 0) is 84.3 Å². The van der Waals surface area contributed by atoms with E-state index in [9.17, 15) is 10.2 Å². The van der Waals surface area contributed by atoms with E-state index in [-0.39, 0.29) is 5.60 Å². The Morgan fingerprint density at radius 3 is 0.835 bits per heavy atom. The largest absolute Gasteiger partial charge is 0.506 e. The van der Waals surface area contributed by atoms with Crippen molar-refractivity contribution in [1.82, 2.24) is 0 Å². The van der Waals surface area contributed by atoms with Crippen molar-refractivity contribution >= 4 is 45.3 Å². The number of unbranched alkanes of at least 4 members (excludes halogenated alkanes) is 60. The van der Waals surface area contributed by atoms with Crippen molar-refractivity contribution in [3.8, 4) is 31.0 Å². The Morgan fingerprint density at radius 2 is 0.526 bits per heavy atom. The van der Waals surface area contributed by atoms with Crippen LogP contribution in [0, 0.1) is 0 Å². The number of aliphatic hydroxyl groups is 1. The molecule has 7 heteroatoms. The Morgan fingerprint density at radius 1 is 0.278 bits per heavy atom. The zero-order valence-corrected chi connectivity index (χ0v) is 67.9. The lowest BCUT2D eigenvalue weighted by atomic mass is 9.81. The molecule has 3 nitrogen and oxygen atoms in total. The van der Waals surface area contributed by atoms with Crippen molar-refractivity contribution in [2.75, 3.05) is 0 Å². The molecule has 0 aliphatic carbocycles. The number of fused-ring (bicyclic) bond motifs is 3. The molecule has 560 valence electrons. The molecule has 0 unspecified atom stereocenters. The molecule has 1 aliphatic rings. The van der Waals surface area contributed by atoms with Crippen LogP contribution >= 0.6 is 45.3 Å². The second-order valence-corrected chi connectivity index (χ2v) is 34.6. The Labute approximate surface area is 619 Å². The molecule has 2 N–H and O–H groups in total. The van der Waals surface area contributed by atoms with E-state index in [2.05, 4.69) is 62.0 Å². The molecule has 5 heterocycles. The van der Waals surface area contributed by atoms with Crippen LogP contribution < -0.4 is 4.74 Å². The van der Waals surface area contributed by atoms with Gasteiger partial charge in [0.05, 0.1) is 25.1 Å². The SMILES string of the molecule is CCCCCCCCCCCCCCCCCCC(O)(CCCCCCCCCCCCCCCCCC)c1ccsc1-c1sccc1O.CCCCCCCCCCCCCCCCCCC1(CCCCCCCCCCCCCCCCCC)Oc2ccsc2-c2sccc21. The maximum absolute atomic E-state index is 12.2. The van der Waals surface area contributed by atoms with Gasteiger partial charge in [0.25, 0.3) is 0 Å². The van der Waals surface area contributed by atoms with Gasteiger partial charge < -0.3 is 14.9 Å². The summed E-state index contributed by atoms with van der Waals surface area (Å²) in [5, 5.41) is 31.3. The maximum atomic E-state index is 12.2. The van der Waals surface area contributed by atoms with Gasteiger partial charge in [-0.25, -0.2) is 0 Å². The highest BCUT2D eigenvalue weighted by molar-refractivity contribution is 7.21. The zero-order chi connectivity index (χ0) is 68.9. The highest BCUT2D eigenvalue weighted by Gasteiger charge is 2.41. The van der Waals surface area contributed by atoms with E-state index < -0.39 is 5.60 Å². The monoisotopic (exact) mass is 1420 g/mol. The number of hydrogen-bond acceptors (Lipinski definition) is 7. The van der Waals surface area contributed by atoms with Crippen LogP contribution in [0.5, 0.6) is 11.5 Å². The predicted molar refractivity (Wildman–Crippen MR) is 440 cm³/mol. The van der Waals surface area contributed by atoms with Gasteiger partial charge in [-0.1, -0.05) is 426 Å². The summed E-state index contributed by atoms with van der Waals surface area (Å²) in [4.78, 5) is 4.86. The highest BCUT2D eigenvalue weighted by Crippen LogP contribution is 2.54. The molecule has 4 aromatic rings. The summed E-state index contributed by atoms with van der Waals surface area (Å²) in [6.07, 6.45) is 93.5. The summed E-state index contributed by atoms with van der Waals surface area (Å²) >= 11 is 7.05. The fourth-order valence-electron chi connectivity index (χ4n) is 15.7. The topological polar surface area (TPSA) is 49.7 Å². The third kappa shape index (κ3) is 41.4. The molecule has 0 atom stereocenters. The Balaban J connectivity index is 0.000000412. The number of rotatable bonds is 70. The number of hydrogen-bond donors (Lipinski definition) is 2. The zero-order valence-electron chi connectivity index (χ0n) is 64.6. The maximum Gasteiger partial charge on any atom is 0.140 e. The van der Waals surface area contributed by atoms with Crippen molar-refractivity contribution in [2.24, 2.45) is 0 Å². The van der Waals surface area contributed by atoms with Gasteiger partial charge in [0.15, 0.2) is 0 Å². The number of aromatic hydroxyl groups is 1. The third-order valence-corrected chi connectivity index (χ3v) is 26.0. The first-order chi connectivity index (χ1) is 47.9. The Kier molecular flexibility index (Phi) is 55.9. The lowest BCUT2D eigenvalue weighted by Crippen LogP contribution is -2.35. The van der Waals surface area contributed by atoms with Crippen molar-refractivity contribution in [2.45, 2.75) is 476 Å². The lowest BCUT2D eigenvalue weighted by Gasteiger charge is -2.38. The van der Waals surface area contributed by atoms with Crippen LogP contribution in [0.3, 0.4) is 0 Å². The minimum absolute atomic E-state index is 0.102. The molecule has 0 saturated heterocycles. The summed E-state index contributed by atoms with van der Waals surface area (Å²) in [5.74, 6) is 1.50. The molecule has 0 spiro atoms. The third-order valence-electron chi connectivity index (χ3n) is 22.1. The molecule has 5 rings (SSSR count). The average molecular weight is 1420 g/mol. The van der Waals surface area contributed by atoms with E-state index in [1.807, 2.05) is 28.1 Å². The van der Waals surface area contributed by atoms with E-state index in [0.29, 0.717) is 5.75 Å². The Bertz CT molecular complexity index is 2210. The smallest absolute Gasteiger partial charge is 0.140 e. The summed E-state index contributed by atoms with van der Waals surface area (Å²) in [6.45, 7) is 9.21. The molecule has 0 radical (unpaired) electrons. The van der Waals surface area contributed by atoms with Crippen LogP contribution in [0.2, 0.25) is 0 Å². The minimum atomic E-state index is -0.794. The van der Waals surface area contributed by atoms with E-state index in [4.69, 9.17) is 4.74 Å². The molecular formula is C90H158O3S4. The summed E-state index contributed by atoms with van der Waals surface area (Å²) < 4.78 is 7.01. The van der Waals surface area contributed by atoms with E-state index in [1.54, 1.807) is 28.7 Å². The molecule has 0 amide bonds. The average Bonchev–Trinajstić information content (AvgIpc) is 1.65. The van der Waals surface area contributed by atoms with Gasteiger partial charge in [-0.2, -0.15) is 0 Å². The van der Waals surface area contributed by atoms with E-state index in [0.717, 1.165) is 46.8 Å². The van der Waals surface area contributed by atoms with Crippen LogP contribution in [-0.4, -0.2) is 10.2 Å². The highest BCUT2D eigenvalue weighted by atomic mass is 32.1. The first-order valence-corrected chi connectivity index (χ1v) is 46.9. The molecule has 97 heavy (non-hydrogen) atoms. The quantitative estimate of drug-likeness (QED) is 0.0433. The number of ether oxygens (including phenoxy) is 1. The predicted octanol–water partition coefficient (Wildman–Crippen LogP) is 34.0. The van der Waals surface area contributed by atoms with E-state index in [1.165, 1.54) is 426 Å². The molecule has 4 aromatic heterocycles. The van der Waals surface area contributed by atoms with Gasteiger partial charge >= 0.3 is 0 Å². The summed E-state index contributed by atoms with van der Waals surface area (Å²) in [7, 11) is 0. The van der Waals surface area contributed by atoms with Gasteiger partial charge in [0.2, 0.25) is 0 Å². The molecular weight excluding hydrogens is 1260 g/mol. The van der Waals surface area contributed by atoms with Crippen LogP contribution in [0.25, 0.3) is 19.5 Å². The second-order valence-electron chi connectivity index (χ2n) is 30.9. The Hall–Kier alpha value is -1.64. The van der Waals surface area contributed by atoms with Crippen LogP contribution in [0.15, 0.2) is 45.8 Å². The molecule has 0 saturated carbocycles. The fraction of sp³-hybridized carbons (Fsp3) is 0.822. The van der Waals surface area contributed by atoms with Crippen molar-refractivity contribution in [3.63, 3.8) is 0 Å². The van der Waals surface area contributed by atoms with Crippen molar-refractivity contribution < 1.29 is 14.9 Å². The first kappa shape index (κ1) is 87.8. The van der Waals surface area contributed by atoms with Crippen molar-refractivity contribution in [3.05, 3.63) is 56.9 Å². The first-order valence-electron chi connectivity index (χ1n) is 43.3. The van der Waals surface area contributed by atoms with Crippen LogP contribution in [0.4, 0.5) is 0 Å². The summed E-state index contributed by atoms with van der Waals surface area (Å²) in [6, 6.07) is 8.56. The summed E-state index contributed by atoms with van der Waals surface area (Å²) in [5.41, 5.74) is 1.66. The van der Waals surface area contributed by atoms with Crippen LogP contribution in [0.1, 0.15) is 475 Å². The standard InChI is InChI=1S/C45H80O2S2.C45H78OS2/c1-3-5-7-9-11-13-15-17-19-21-23-25-27-29-31-33-37-45(47,41-35-39-48-43(41)44-42(46)36-40-49-44)38-34-32-30-28-26-24-22-20-18-16-14-12-10-8-6-4-2;1-3-5-7-9-11-13-15-17-19-21-23-25-27-29-31-33-37-45(41-35-39-47-43(41)44-42(46-45)36-40-48-44)38-34-32-30-28-26-24-22-20-18-16-14-12-10-8-6-4-2/h35-36,39-40,46-47H,3-34,37-38H2,1-2H3;35-36,39-40H,3-34,37-38H2,1-2H3. The number of thiophene rings is 4. The molecule has 0 fully saturated rings. The normalized spacial score (nSPS) is 12.7. The molecule has 0 bridgehead atoms. The van der Waals surface area contributed by atoms with Crippen LogP contribution in [-0.2, 0) is 11.2 Å². The van der Waals surface area contributed by atoms with E-state index >= 15 is 0 Å². The molecule has 0 aromatic carbocycles. The second kappa shape index (κ2) is 61.8.